The van der Waals surface area contributed by atoms with Crippen LogP contribution >= 0.6 is 0 Å². The molecule has 2 aromatic rings. The number of nitrogens with one attached hydrogen (secondary N) is 3. The average molecular weight is 544 g/mol. The van der Waals surface area contributed by atoms with E-state index in [4.69, 9.17) is 4.74 Å². The lowest BCUT2D eigenvalue weighted by Crippen LogP contribution is -2.54. The molecule has 0 radical (unpaired) electrons. The van der Waals surface area contributed by atoms with E-state index in [0.717, 1.165) is 18.4 Å². The van der Waals surface area contributed by atoms with Crippen LogP contribution < -0.4 is 25.6 Å². The van der Waals surface area contributed by atoms with Crippen molar-refractivity contribution >= 4 is 29.4 Å². The summed E-state index contributed by atoms with van der Waals surface area (Å²) in [7, 11) is 1.52. The molecule has 2 unspecified atom stereocenters. The number of methoxy groups -OCH3 is 1. The monoisotopic (exact) mass is 543 g/mol. The highest BCUT2D eigenvalue weighted by Crippen LogP contribution is 2.31. The topological polar surface area (TPSA) is 140 Å². The zero-order valence-corrected chi connectivity index (χ0v) is 21.9. The molecule has 206 valence electrons. The fourth-order valence-corrected chi connectivity index (χ4v) is 5.43. The first-order valence-electron chi connectivity index (χ1n) is 13.3. The number of carbonyl (C=O) groups is 4. The fourth-order valence-electron chi connectivity index (χ4n) is 5.43. The molecular formula is C29H29N5O6. The lowest BCUT2D eigenvalue weighted by atomic mass is 9.99. The molecule has 4 N–H and O–H groups in total. The van der Waals surface area contributed by atoms with Gasteiger partial charge in [0.25, 0.3) is 11.8 Å². The van der Waals surface area contributed by atoms with Gasteiger partial charge in [-0.1, -0.05) is 17.9 Å². The number of aliphatic hydroxyl groups is 1. The summed E-state index contributed by atoms with van der Waals surface area (Å²) in [6.07, 6.45) is 2.26. The number of anilines is 1. The van der Waals surface area contributed by atoms with Gasteiger partial charge in [0.15, 0.2) is 0 Å². The number of ether oxygens (including phenoxy) is 1. The zero-order chi connectivity index (χ0) is 28.0. The van der Waals surface area contributed by atoms with Crippen molar-refractivity contribution in [2.24, 2.45) is 0 Å². The molecule has 1 saturated carbocycles. The maximum absolute atomic E-state index is 13.1. The van der Waals surface area contributed by atoms with Gasteiger partial charge in [0, 0.05) is 29.4 Å². The summed E-state index contributed by atoms with van der Waals surface area (Å²) < 4.78 is 5.23. The van der Waals surface area contributed by atoms with E-state index in [1.807, 2.05) is 0 Å². The minimum absolute atomic E-state index is 0.0788. The molecule has 2 saturated heterocycles. The van der Waals surface area contributed by atoms with E-state index < -0.39 is 29.7 Å². The predicted octanol–water partition coefficient (Wildman–Crippen LogP) is 0.847. The lowest BCUT2D eigenvalue weighted by molar-refractivity contribution is -0.123. The van der Waals surface area contributed by atoms with Crippen molar-refractivity contribution < 1.29 is 29.0 Å². The summed E-state index contributed by atoms with van der Waals surface area (Å²) in [5.41, 5.74) is 0.891. The SMILES string of the molecule is COc1ccc2c(c1)C(=O)N(C[C@@]1(C#Cc3ccc(N4C(O)CCC4C(=O)NC4CC4)cc3)NC(=O)NC1=O)C2. The molecule has 11 nitrogen and oxygen atoms in total. The van der Waals surface area contributed by atoms with Gasteiger partial charge in [-0.3, -0.25) is 19.7 Å². The summed E-state index contributed by atoms with van der Waals surface area (Å²) in [5, 5.41) is 18.4. The number of hydrogen-bond donors (Lipinski definition) is 4. The highest BCUT2D eigenvalue weighted by Gasteiger charge is 2.48. The van der Waals surface area contributed by atoms with Crippen molar-refractivity contribution in [2.75, 3.05) is 18.6 Å². The second-order valence-electron chi connectivity index (χ2n) is 10.6. The van der Waals surface area contributed by atoms with Crippen LogP contribution in [0, 0.1) is 11.8 Å². The Balaban J connectivity index is 1.21. The van der Waals surface area contributed by atoms with Gasteiger partial charge >= 0.3 is 6.03 Å². The number of rotatable bonds is 6. The standard InChI is InChI=1S/C29H29N5O6/c1-40-21-9-4-18-15-33(26(37)22(18)14-21)16-29(27(38)31-28(39)32-29)13-12-17-2-7-20(8-3-17)34-23(10-11-24(34)35)25(36)30-19-5-6-19/h2-4,7-9,14,19,23-24,35H,5-6,10-11,15-16H2,1H3,(H,30,36)(H2,31,32,38,39)/t23?,24?,29-/m1/s1. The second-order valence-corrected chi connectivity index (χ2v) is 10.6. The third kappa shape index (κ3) is 4.71. The first-order valence-corrected chi connectivity index (χ1v) is 13.3. The number of imide groups is 1. The minimum Gasteiger partial charge on any atom is -0.497 e. The van der Waals surface area contributed by atoms with Crippen LogP contribution in [0.5, 0.6) is 5.75 Å². The third-order valence-electron chi connectivity index (χ3n) is 7.73. The molecule has 6 rings (SSSR count). The molecule has 11 heteroatoms. The third-order valence-corrected chi connectivity index (χ3v) is 7.73. The Morgan fingerprint density at radius 1 is 1.12 bits per heavy atom. The minimum atomic E-state index is -1.63. The van der Waals surface area contributed by atoms with Gasteiger partial charge in [-0.05, 0) is 67.6 Å². The first kappa shape index (κ1) is 25.7. The van der Waals surface area contributed by atoms with Crippen molar-refractivity contribution in [2.45, 2.75) is 56.1 Å². The molecule has 40 heavy (non-hydrogen) atoms. The van der Waals surface area contributed by atoms with Crippen molar-refractivity contribution in [3.63, 3.8) is 0 Å². The van der Waals surface area contributed by atoms with E-state index in [1.165, 1.54) is 12.0 Å². The molecule has 1 aliphatic carbocycles. The smallest absolute Gasteiger partial charge is 0.323 e. The van der Waals surface area contributed by atoms with Crippen LogP contribution in [-0.4, -0.2) is 71.3 Å². The molecule has 0 spiro atoms. The summed E-state index contributed by atoms with van der Waals surface area (Å²) in [5.74, 6) is 5.42. The summed E-state index contributed by atoms with van der Waals surface area (Å²) >= 11 is 0. The van der Waals surface area contributed by atoms with E-state index >= 15 is 0 Å². The molecule has 0 bridgehead atoms. The Kier molecular flexibility index (Phi) is 6.35. The van der Waals surface area contributed by atoms with Crippen LogP contribution in [0.2, 0.25) is 0 Å². The normalized spacial score (nSPS) is 25.2. The van der Waals surface area contributed by atoms with E-state index in [9.17, 15) is 24.3 Å². The number of urea groups is 1. The highest BCUT2D eigenvalue weighted by atomic mass is 16.5. The average Bonchev–Trinajstić information content (AvgIpc) is 3.50. The van der Waals surface area contributed by atoms with Crippen molar-refractivity contribution in [3.05, 3.63) is 59.2 Å². The van der Waals surface area contributed by atoms with Gasteiger partial charge in [-0.25, -0.2) is 4.79 Å². The summed E-state index contributed by atoms with van der Waals surface area (Å²) in [4.78, 5) is 54.1. The van der Waals surface area contributed by atoms with Crippen LogP contribution in [0.3, 0.4) is 0 Å². The van der Waals surface area contributed by atoms with Crippen molar-refractivity contribution in [1.82, 2.24) is 20.9 Å². The van der Waals surface area contributed by atoms with Crippen molar-refractivity contribution in [1.29, 1.82) is 0 Å². The number of hydrogen-bond acceptors (Lipinski definition) is 7. The number of amides is 5. The van der Waals surface area contributed by atoms with Crippen molar-refractivity contribution in [3.8, 4) is 17.6 Å². The van der Waals surface area contributed by atoms with Crippen LogP contribution in [0.25, 0.3) is 0 Å². The molecule has 2 aromatic carbocycles. The Hall–Kier alpha value is -4.56. The first-order chi connectivity index (χ1) is 19.3. The van der Waals surface area contributed by atoms with E-state index in [-0.39, 0.29) is 30.9 Å². The van der Waals surface area contributed by atoms with Gasteiger partial charge in [-0.15, -0.1) is 0 Å². The quantitative estimate of drug-likeness (QED) is 0.313. The predicted molar refractivity (Wildman–Crippen MR) is 143 cm³/mol. The van der Waals surface area contributed by atoms with Gasteiger partial charge < -0.3 is 30.3 Å². The highest BCUT2D eigenvalue weighted by molar-refractivity contribution is 6.10. The van der Waals surface area contributed by atoms with Crippen LogP contribution in [0.15, 0.2) is 42.5 Å². The Bertz CT molecular complexity index is 1460. The molecular weight excluding hydrogens is 514 g/mol. The molecule has 4 aliphatic rings. The number of aliphatic hydroxyl groups excluding tert-OH is 1. The Morgan fingerprint density at radius 2 is 1.90 bits per heavy atom. The Labute approximate surface area is 230 Å². The van der Waals surface area contributed by atoms with Crippen LogP contribution in [0.1, 0.15) is 47.2 Å². The maximum Gasteiger partial charge on any atom is 0.323 e. The summed E-state index contributed by atoms with van der Waals surface area (Å²) in [6.45, 7) is 0.135. The van der Waals surface area contributed by atoms with Gasteiger partial charge in [0.1, 0.15) is 18.0 Å². The second kappa shape index (κ2) is 9.88. The van der Waals surface area contributed by atoms with Gasteiger partial charge in [-0.2, -0.15) is 0 Å². The largest absolute Gasteiger partial charge is 0.497 e. The molecule has 5 amide bonds. The molecule has 3 fully saturated rings. The fraction of sp³-hybridized carbons (Fsp3) is 0.379. The van der Waals surface area contributed by atoms with Gasteiger partial charge in [0.05, 0.1) is 13.7 Å². The molecule has 3 heterocycles. The maximum atomic E-state index is 13.1. The number of benzene rings is 2. The number of nitrogens with zero attached hydrogens (tertiary/aromatic N) is 2. The molecule has 0 aromatic heterocycles. The van der Waals surface area contributed by atoms with E-state index in [2.05, 4.69) is 27.8 Å². The molecule has 3 aliphatic heterocycles. The van der Waals surface area contributed by atoms with Crippen LogP contribution in [-0.2, 0) is 16.1 Å². The number of fused-ring (bicyclic) bond motifs is 1. The lowest BCUT2D eigenvalue weighted by Gasteiger charge is -2.29. The van der Waals surface area contributed by atoms with E-state index in [0.29, 0.717) is 35.4 Å². The van der Waals surface area contributed by atoms with Crippen LogP contribution in [0.4, 0.5) is 10.5 Å². The summed E-state index contributed by atoms with van der Waals surface area (Å²) in [6, 6.07) is 11.3. The number of carbonyl (C=O) groups excluding carboxylic acids is 4. The van der Waals surface area contributed by atoms with E-state index in [1.54, 1.807) is 47.4 Å². The van der Waals surface area contributed by atoms with Gasteiger partial charge in [0.2, 0.25) is 11.4 Å². The zero-order valence-electron chi connectivity index (χ0n) is 21.9. The molecule has 3 atom stereocenters. The Morgan fingerprint density at radius 3 is 2.58 bits per heavy atom.